The predicted molar refractivity (Wildman–Crippen MR) is 193 cm³/mol. The molecule has 2 aromatic heterocycles. The number of hydrazone groups is 1. The van der Waals surface area contributed by atoms with E-state index < -0.39 is 11.9 Å². The highest BCUT2D eigenvalue weighted by molar-refractivity contribution is 9.10. The van der Waals surface area contributed by atoms with Gasteiger partial charge in [-0.15, -0.1) is 22.7 Å². The SMILES string of the molecule is CCOc1cc(/C=N\NC(=O)c2ccc(NC(=O)c3sc4ccccc4c3Cl)cc2)ccc1OC(=O)c1sc2cc(Br)ccc2c1Cl. The molecule has 0 radical (unpaired) electrons. The highest BCUT2D eigenvalue weighted by Gasteiger charge is 2.21. The molecule has 0 spiro atoms. The average Bonchev–Trinajstić information content (AvgIpc) is 3.58. The zero-order chi connectivity index (χ0) is 33.1. The maximum Gasteiger partial charge on any atom is 0.355 e. The van der Waals surface area contributed by atoms with Crippen LogP contribution in [0.15, 0.2) is 94.5 Å². The number of fused-ring (bicyclic) bond motifs is 2. The van der Waals surface area contributed by atoms with Crippen LogP contribution in [0.2, 0.25) is 10.0 Å². The van der Waals surface area contributed by atoms with Gasteiger partial charge in [-0.05, 0) is 73.2 Å². The first-order valence-corrected chi connectivity index (χ1v) is 17.2. The second kappa shape index (κ2) is 14.2. The molecular formula is C34H22BrCl2N3O5S2. The van der Waals surface area contributed by atoms with Gasteiger partial charge in [0.1, 0.15) is 9.75 Å². The normalized spacial score (nSPS) is 11.2. The summed E-state index contributed by atoms with van der Waals surface area (Å²) in [7, 11) is 0. The van der Waals surface area contributed by atoms with E-state index >= 15 is 0 Å². The minimum absolute atomic E-state index is 0.217. The van der Waals surface area contributed by atoms with Gasteiger partial charge in [0.05, 0.1) is 22.9 Å². The quantitative estimate of drug-likeness (QED) is 0.0660. The molecule has 0 fully saturated rings. The lowest BCUT2D eigenvalue weighted by molar-refractivity contribution is 0.0733. The number of esters is 1. The first kappa shape index (κ1) is 32.7. The molecule has 0 saturated carbocycles. The Balaban J connectivity index is 1.08. The van der Waals surface area contributed by atoms with Crippen LogP contribution in [-0.4, -0.2) is 30.6 Å². The van der Waals surface area contributed by atoms with Crippen LogP contribution >= 0.6 is 61.8 Å². The molecule has 6 aromatic rings. The van der Waals surface area contributed by atoms with Crippen LogP contribution in [0.5, 0.6) is 11.5 Å². The molecule has 2 N–H and O–H groups in total. The van der Waals surface area contributed by atoms with E-state index in [9.17, 15) is 14.4 Å². The highest BCUT2D eigenvalue weighted by atomic mass is 79.9. The fraction of sp³-hybridized carbons (Fsp3) is 0.0588. The number of hydrogen-bond donors (Lipinski definition) is 2. The maximum absolute atomic E-state index is 13.0. The predicted octanol–water partition coefficient (Wildman–Crippen LogP) is 9.82. The summed E-state index contributed by atoms with van der Waals surface area (Å²) >= 11 is 18.9. The molecule has 0 unspecified atom stereocenters. The number of benzene rings is 4. The molecule has 236 valence electrons. The number of nitrogens with one attached hydrogen (secondary N) is 2. The Morgan fingerprint density at radius 2 is 1.55 bits per heavy atom. The van der Waals surface area contributed by atoms with Crippen LogP contribution in [0.3, 0.4) is 0 Å². The Hall–Kier alpha value is -4.26. The number of nitrogens with zero attached hydrogens (tertiary/aromatic N) is 1. The van der Waals surface area contributed by atoms with Gasteiger partial charge in [-0.1, -0.05) is 63.4 Å². The topological polar surface area (TPSA) is 106 Å². The Bertz CT molecular complexity index is 2200. The van der Waals surface area contributed by atoms with Crippen molar-refractivity contribution in [3.8, 4) is 11.5 Å². The van der Waals surface area contributed by atoms with Crippen molar-refractivity contribution in [2.24, 2.45) is 5.10 Å². The molecule has 2 amide bonds. The molecule has 47 heavy (non-hydrogen) atoms. The van der Waals surface area contributed by atoms with E-state index in [1.807, 2.05) is 49.4 Å². The van der Waals surface area contributed by atoms with Gasteiger partial charge >= 0.3 is 5.97 Å². The summed E-state index contributed by atoms with van der Waals surface area (Å²) in [6, 6.07) is 24.4. The number of amides is 2. The van der Waals surface area contributed by atoms with Crippen molar-refractivity contribution >= 4 is 112 Å². The summed E-state index contributed by atoms with van der Waals surface area (Å²) in [6.45, 7) is 2.14. The lowest BCUT2D eigenvalue weighted by atomic mass is 10.2. The first-order chi connectivity index (χ1) is 22.7. The van der Waals surface area contributed by atoms with Crippen molar-refractivity contribution in [2.45, 2.75) is 6.92 Å². The summed E-state index contributed by atoms with van der Waals surface area (Å²) in [5.74, 6) is -0.839. The van der Waals surface area contributed by atoms with Gasteiger partial charge < -0.3 is 14.8 Å². The molecule has 0 aliphatic carbocycles. The van der Waals surface area contributed by atoms with Crippen LogP contribution in [0.1, 0.15) is 42.2 Å². The van der Waals surface area contributed by atoms with Crippen LogP contribution in [0.4, 0.5) is 5.69 Å². The zero-order valence-corrected chi connectivity index (χ0v) is 29.0. The number of thiophene rings is 2. The minimum atomic E-state index is -0.601. The summed E-state index contributed by atoms with van der Waals surface area (Å²) in [4.78, 5) is 39.3. The molecule has 4 aromatic carbocycles. The van der Waals surface area contributed by atoms with Crippen molar-refractivity contribution in [3.05, 3.63) is 120 Å². The summed E-state index contributed by atoms with van der Waals surface area (Å²) in [5.41, 5.74) is 3.92. The van der Waals surface area contributed by atoms with E-state index in [2.05, 4.69) is 31.8 Å². The van der Waals surface area contributed by atoms with Crippen molar-refractivity contribution in [2.75, 3.05) is 11.9 Å². The standard InChI is InChI=1S/C34H22BrCl2N3O5S2/c1-2-44-25-15-18(7-14-24(25)45-34(43)31-29(37)23-13-10-20(35)16-27(23)47-31)17-38-40-32(41)19-8-11-21(12-9-19)39-33(42)30-28(36)22-5-3-4-6-26(22)46-30/h3-17H,2H2,1H3,(H,39,42)(H,40,41)/b38-17-. The van der Waals surface area contributed by atoms with Crippen LogP contribution in [0, 0.1) is 0 Å². The maximum atomic E-state index is 13.0. The molecule has 0 atom stereocenters. The Labute approximate surface area is 295 Å². The number of hydrogen-bond acceptors (Lipinski definition) is 8. The molecule has 8 nitrogen and oxygen atoms in total. The Morgan fingerprint density at radius 1 is 0.830 bits per heavy atom. The van der Waals surface area contributed by atoms with Crippen molar-refractivity contribution in [1.29, 1.82) is 0 Å². The molecular weight excluding hydrogens is 745 g/mol. The fourth-order valence-electron chi connectivity index (χ4n) is 4.56. The van der Waals surface area contributed by atoms with Crippen molar-refractivity contribution in [3.63, 3.8) is 0 Å². The lowest BCUT2D eigenvalue weighted by Crippen LogP contribution is -2.17. The van der Waals surface area contributed by atoms with Crippen molar-refractivity contribution in [1.82, 2.24) is 5.43 Å². The number of anilines is 1. The minimum Gasteiger partial charge on any atom is -0.490 e. The van der Waals surface area contributed by atoms with E-state index in [0.717, 1.165) is 24.6 Å². The average molecular weight is 768 g/mol. The summed E-state index contributed by atoms with van der Waals surface area (Å²) in [6.07, 6.45) is 1.44. The van der Waals surface area contributed by atoms with Gasteiger partial charge in [-0.3, -0.25) is 9.59 Å². The monoisotopic (exact) mass is 765 g/mol. The third-order valence-electron chi connectivity index (χ3n) is 6.77. The largest absolute Gasteiger partial charge is 0.490 e. The second-order valence-corrected chi connectivity index (χ2v) is 13.7. The molecule has 2 heterocycles. The lowest BCUT2D eigenvalue weighted by Gasteiger charge is -2.11. The van der Waals surface area contributed by atoms with E-state index in [0.29, 0.717) is 44.1 Å². The molecule has 6 rings (SSSR count). The van der Waals surface area contributed by atoms with E-state index in [4.69, 9.17) is 32.7 Å². The highest BCUT2D eigenvalue weighted by Crippen LogP contribution is 2.39. The van der Waals surface area contributed by atoms with Gasteiger partial charge in [0.15, 0.2) is 11.5 Å². The Kier molecular flexibility index (Phi) is 9.90. The molecule has 0 aliphatic rings. The molecule has 0 bridgehead atoms. The molecule has 0 aliphatic heterocycles. The van der Waals surface area contributed by atoms with Gasteiger partial charge in [0, 0.05) is 35.9 Å². The van der Waals surface area contributed by atoms with Crippen molar-refractivity contribution < 1.29 is 23.9 Å². The summed E-state index contributed by atoms with van der Waals surface area (Å²) < 4.78 is 14.0. The molecule has 13 heteroatoms. The van der Waals surface area contributed by atoms with Gasteiger partial charge in [0.25, 0.3) is 11.8 Å². The Morgan fingerprint density at radius 3 is 2.32 bits per heavy atom. The zero-order valence-electron chi connectivity index (χ0n) is 24.3. The van der Waals surface area contributed by atoms with Crippen LogP contribution in [-0.2, 0) is 0 Å². The number of halogens is 3. The first-order valence-electron chi connectivity index (χ1n) is 14.0. The fourth-order valence-corrected chi connectivity index (χ4v) is 7.91. The third kappa shape index (κ3) is 7.19. The van der Waals surface area contributed by atoms with E-state index in [-0.39, 0.29) is 16.5 Å². The van der Waals surface area contributed by atoms with E-state index in [1.165, 1.54) is 28.9 Å². The van der Waals surface area contributed by atoms with Crippen LogP contribution < -0.4 is 20.2 Å². The smallest absolute Gasteiger partial charge is 0.355 e. The summed E-state index contributed by atoms with van der Waals surface area (Å²) in [5, 5.41) is 9.20. The molecule has 0 saturated heterocycles. The number of ether oxygens (including phenoxy) is 2. The second-order valence-electron chi connectivity index (χ2n) is 9.89. The van der Waals surface area contributed by atoms with Gasteiger partial charge in [0.2, 0.25) is 0 Å². The number of carbonyl (C=O) groups is 3. The van der Waals surface area contributed by atoms with Crippen LogP contribution in [0.25, 0.3) is 20.2 Å². The number of rotatable bonds is 9. The van der Waals surface area contributed by atoms with Gasteiger partial charge in [-0.2, -0.15) is 5.10 Å². The van der Waals surface area contributed by atoms with E-state index in [1.54, 1.807) is 42.5 Å². The van der Waals surface area contributed by atoms with Gasteiger partial charge in [-0.25, -0.2) is 10.2 Å². The number of carbonyl (C=O) groups excluding carboxylic acids is 3. The third-order valence-corrected chi connectivity index (χ3v) is 10.6.